The first-order valence-corrected chi connectivity index (χ1v) is 7.01. The Morgan fingerprint density at radius 3 is 3.18 bits per heavy atom. The van der Waals surface area contributed by atoms with Gasteiger partial charge in [-0.25, -0.2) is 0 Å². The Hall–Kier alpha value is -0.870. The van der Waals surface area contributed by atoms with Crippen LogP contribution in [-0.2, 0) is 11.2 Å². The highest BCUT2D eigenvalue weighted by molar-refractivity contribution is 7.10. The molecule has 2 atom stereocenters. The van der Waals surface area contributed by atoms with Gasteiger partial charge in [-0.3, -0.25) is 9.69 Å². The van der Waals surface area contributed by atoms with E-state index in [1.807, 2.05) is 11.3 Å². The molecule has 2 unspecified atom stereocenters. The lowest BCUT2D eigenvalue weighted by atomic mass is 9.98. The summed E-state index contributed by atoms with van der Waals surface area (Å²) in [6.07, 6.45) is 2.11. The molecule has 3 nitrogen and oxygen atoms in total. The summed E-state index contributed by atoms with van der Waals surface area (Å²) in [7, 11) is 0. The summed E-state index contributed by atoms with van der Waals surface area (Å²) < 4.78 is 0. The minimum Gasteiger partial charge on any atom is -0.481 e. The first kappa shape index (κ1) is 12.6. The molecule has 0 radical (unpaired) electrons. The fourth-order valence-electron chi connectivity index (χ4n) is 2.63. The van der Waals surface area contributed by atoms with Crippen LogP contribution in [0.4, 0.5) is 0 Å². The van der Waals surface area contributed by atoms with Crippen LogP contribution in [0.5, 0.6) is 0 Å². The second-order valence-corrected chi connectivity index (χ2v) is 5.75. The highest BCUT2D eigenvalue weighted by Gasteiger charge is 2.27. The number of carboxylic acid groups (broad SMARTS) is 1. The van der Waals surface area contributed by atoms with Gasteiger partial charge in [0, 0.05) is 29.9 Å². The predicted molar refractivity (Wildman–Crippen MR) is 69.5 cm³/mol. The highest BCUT2D eigenvalue weighted by Crippen LogP contribution is 2.34. The van der Waals surface area contributed by atoms with Crippen LogP contribution in [0, 0.1) is 0 Å². The molecule has 1 N–H and O–H groups in total. The van der Waals surface area contributed by atoms with Gasteiger partial charge in [0.05, 0.1) is 0 Å². The van der Waals surface area contributed by atoms with Crippen molar-refractivity contribution in [3.8, 4) is 0 Å². The molecule has 0 aliphatic carbocycles. The van der Waals surface area contributed by atoms with E-state index in [4.69, 9.17) is 5.11 Å². The number of carboxylic acids is 1. The van der Waals surface area contributed by atoms with E-state index in [0.717, 1.165) is 19.4 Å². The van der Waals surface area contributed by atoms with Gasteiger partial charge >= 0.3 is 5.97 Å². The summed E-state index contributed by atoms with van der Waals surface area (Å²) in [5.74, 6) is -0.697. The van der Waals surface area contributed by atoms with Gasteiger partial charge in [-0.15, -0.1) is 11.3 Å². The summed E-state index contributed by atoms with van der Waals surface area (Å²) in [6.45, 7) is 5.41. The van der Waals surface area contributed by atoms with E-state index < -0.39 is 5.97 Å². The fraction of sp³-hybridized carbons (Fsp3) is 0.615. The Morgan fingerprint density at radius 2 is 2.47 bits per heavy atom. The third kappa shape index (κ3) is 2.69. The monoisotopic (exact) mass is 253 g/mol. The van der Waals surface area contributed by atoms with Gasteiger partial charge in [-0.05, 0) is 43.7 Å². The summed E-state index contributed by atoms with van der Waals surface area (Å²) >= 11 is 1.84. The molecule has 94 valence electrons. The number of rotatable bonds is 4. The molecule has 0 spiro atoms. The molecule has 0 bridgehead atoms. The highest BCUT2D eigenvalue weighted by atomic mass is 32.1. The number of nitrogens with zero attached hydrogens (tertiary/aromatic N) is 1. The minimum atomic E-state index is -0.697. The molecule has 0 saturated carbocycles. The van der Waals surface area contributed by atoms with Crippen LogP contribution in [0.1, 0.15) is 43.2 Å². The zero-order valence-corrected chi connectivity index (χ0v) is 11.2. The van der Waals surface area contributed by atoms with Gasteiger partial charge in [0.15, 0.2) is 0 Å². The van der Waals surface area contributed by atoms with Crippen molar-refractivity contribution in [3.63, 3.8) is 0 Å². The molecule has 4 heteroatoms. The van der Waals surface area contributed by atoms with Crippen LogP contribution in [0.15, 0.2) is 11.4 Å². The number of fused-ring (bicyclic) bond motifs is 1. The SMILES string of the molecule is CC(CCC(=O)O)N1CCc2sccc2C1C. The minimum absolute atomic E-state index is 0.265. The largest absolute Gasteiger partial charge is 0.481 e. The van der Waals surface area contributed by atoms with Gasteiger partial charge in [0.1, 0.15) is 0 Å². The standard InChI is InChI=1S/C13H19NO2S/c1-9(3-4-13(15)16)14-7-5-12-11(10(14)2)6-8-17-12/h6,8-10H,3-5,7H2,1-2H3,(H,15,16). The van der Waals surface area contributed by atoms with Gasteiger partial charge < -0.3 is 5.11 Å². The van der Waals surface area contributed by atoms with Crippen LogP contribution in [0.2, 0.25) is 0 Å². The van der Waals surface area contributed by atoms with Crippen molar-refractivity contribution in [2.45, 2.75) is 45.2 Å². The Labute approximate surface area is 106 Å². The summed E-state index contributed by atoms with van der Waals surface area (Å²) in [4.78, 5) is 14.5. The summed E-state index contributed by atoms with van der Waals surface area (Å²) in [6, 6.07) is 2.98. The third-order valence-electron chi connectivity index (χ3n) is 3.67. The molecule has 1 aliphatic heterocycles. The second kappa shape index (κ2) is 5.19. The van der Waals surface area contributed by atoms with E-state index in [-0.39, 0.29) is 6.42 Å². The fourth-order valence-corrected chi connectivity index (χ4v) is 3.59. The second-order valence-electron chi connectivity index (χ2n) is 4.74. The van der Waals surface area contributed by atoms with Crippen molar-refractivity contribution in [2.75, 3.05) is 6.54 Å². The van der Waals surface area contributed by atoms with Crippen molar-refractivity contribution in [2.24, 2.45) is 0 Å². The van der Waals surface area contributed by atoms with Gasteiger partial charge in [0.2, 0.25) is 0 Å². The first-order chi connectivity index (χ1) is 8.09. The summed E-state index contributed by atoms with van der Waals surface area (Å²) in [5.41, 5.74) is 1.43. The third-order valence-corrected chi connectivity index (χ3v) is 4.66. The van der Waals surface area contributed by atoms with Crippen molar-refractivity contribution >= 4 is 17.3 Å². The predicted octanol–water partition coefficient (Wildman–Crippen LogP) is 2.92. The van der Waals surface area contributed by atoms with Crippen LogP contribution >= 0.6 is 11.3 Å². The summed E-state index contributed by atoms with van der Waals surface area (Å²) in [5, 5.41) is 10.9. The quantitative estimate of drug-likeness (QED) is 0.897. The average molecular weight is 253 g/mol. The van der Waals surface area contributed by atoms with E-state index in [0.29, 0.717) is 12.1 Å². The van der Waals surface area contributed by atoms with E-state index in [2.05, 4.69) is 30.2 Å². The number of hydrogen-bond donors (Lipinski definition) is 1. The van der Waals surface area contributed by atoms with Gasteiger partial charge in [-0.2, -0.15) is 0 Å². The number of aliphatic carboxylic acids is 1. The van der Waals surface area contributed by atoms with Crippen molar-refractivity contribution < 1.29 is 9.90 Å². The lowest BCUT2D eigenvalue weighted by Crippen LogP contribution is -2.40. The molecular weight excluding hydrogens is 234 g/mol. The maximum Gasteiger partial charge on any atom is 0.303 e. The van der Waals surface area contributed by atoms with Crippen molar-refractivity contribution in [3.05, 3.63) is 21.9 Å². The molecule has 17 heavy (non-hydrogen) atoms. The van der Waals surface area contributed by atoms with E-state index in [9.17, 15) is 4.79 Å². The smallest absolute Gasteiger partial charge is 0.303 e. The molecule has 0 saturated heterocycles. The first-order valence-electron chi connectivity index (χ1n) is 6.13. The van der Waals surface area contributed by atoms with Crippen LogP contribution < -0.4 is 0 Å². The van der Waals surface area contributed by atoms with E-state index in [1.165, 1.54) is 10.4 Å². The molecule has 2 heterocycles. The molecule has 0 fully saturated rings. The Bertz CT molecular complexity index is 402. The Kier molecular flexibility index (Phi) is 3.84. The zero-order chi connectivity index (χ0) is 12.4. The molecular formula is C13H19NO2S. The average Bonchev–Trinajstić information content (AvgIpc) is 2.75. The number of thiophene rings is 1. The van der Waals surface area contributed by atoms with E-state index in [1.54, 1.807) is 0 Å². The topological polar surface area (TPSA) is 40.5 Å². The normalized spacial score (nSPS) is 22.1. The van der Waals surface area contributed by atoms with E-state index >= 15 is 0 Å². The molecule has 1 aromatic rings. The lowest BCUT2D eigenvalue weighted by Gasteiger charge is -2.38. The maximum absolute atomic E-state index is 10.6. The van der Waals surface area contributed by atoms with Gasteiger partial charge in [-0.1, -0.05) is 0 Å². The molecule has 0 amide bonds. The van der Waals surface area contributed by atoms with Crippen molar-refractivity contribution in [1.29, 1.82) is 0 Å². The molecule has 0 aromatic carbocycles. The van der Waals surface area contributed by atoms with Crippen LogP contribution in [0.25, 0.3) is 0 Å². The molecule has 1 aliphatic rings. The van der Waals surface area contributed by atoms with Crippen LogP contribution in [-0.4, -0.2) is 28.6 Å². The zero-order valence-electron chi connectivity index (χ0n) is 10.3. The maximum atomic E-state index is 10.6. The lowest BCUT2D eigenvalue weighted by molar-refractivity contribution is -0.137. The Morgan fingerprint density at radius 1 is 1.71 bits per heavy atom. The van der Waals surface area contributed by atoms with Crippen LogP contribution in [0.3, 0.4) is 0 Å². The van der Waals surface area contributed by atoms with Gasteiger partial charge in [0.25, 0.3) is 0 Å². The number of carbonyl (C=O) groups is 1. The number of hydrogen-bond acceptors (Lipinski definition) is 3. The molecule has 2 rings (SSSR count). The Balaban J connectivity index is 2.01. The molecule has 1 aromatic heterocycles. The van der Waals surface area contributed by atoms with Crippen molar-refractivity contribution in [1.82, 2.24) is 4.90 Å².